The third-order valence-corrected chi connectivity index (χ3v) is 3.84. The maximum Gasteiger partial charge on any atom is 0.222 e. The summed E-state index contributed by atoms with van der Waals surface area (Å²) in [6, 6.07) is 5.77. The molecule has 0 bridgehead atoms. The Morgan fingerprint density at radius 1 is 1.37 bits per heavy atom. The third-order valence-electron chi connectivity index (χ3n) is 3.56. The quantitative estimate of drug-likeness (QED) is 0.592. The van der Waals surface area contributed by atoms with Crippen molar-refractivity contribution in [2.24, 2.45) is 0 Å². The highest BCUT2D eigenvalue weighted by molar-refractivity contribution is 6.32. The van der Waals surface area contributed by atoms with E-state index in [2.05, 4.69) is 32.3 Å². The molecule has 0 saturated carbocycles. The molecule has 1 aromatic carbocycles. The highest BCUT2D eigenvalue weighted by Gasteiger charge is 2.24. The average molecular weight is 388 g/mol. The average Bonchev–Trinajstić information content (AvgIpc) is 3.06. The van der Waals surface area contributed by atoms with Crippen LogP contribution in [-0.2, 0) is 5.60 Å². The lowest BCUT2D eigenvalue weighted by atomic mass is 10.0. The first kappa shape index (κ1) is 18.6. The number of rotatable bonds is 3. The third kappa shape index (κ3) is 4.34. The number of hydrogen-bond donors (Lipinski definition) is 3. The molecule has 27 heavy (non-hydrogen) atoms. The molecule has 1 atom stereocenters. The molecule has 7 nitrogen and oxygen atoms in total. The minimum atomic E-state index is -1.52. The number of aliphatic hydroxyl groups is 1. The standard InChI is InChI=1S/C18H15ClFN5O2/c1-10-7-15(25-27-10)18(2,26)6-5-11-3-4-13(20)14(8-11)23-16-12(19)9-22-17(21)24-16/h3-4,7-9,26H,1-2H3,(H3,21,22,23,24)/t18-/m0/s1. The molecule has 0 aliphatic carbocycles. The molecule has 0 spiro atoms. The predicted molar refractivity (Wildman–Crippen MR) is 98.8 cm³/mol. The molecule has 3 aromatic rings. The van der Waals surface area contributed by atoms with Gasteiger partial charge in [-0.05, 0) is 32.0 Å². The van der Waals surface area contributed by atoms with Crippen LogP contribution in [0.4, 0.5) is 21.8 Å². The van der Waals surface area contributed by atoms with E-state index in [4.69, 9.17) is 21.9 Å². The molecule has 2 heterocycles. The zero-order valence-corrected chi connectivity index (χ0v) is 15.2. The zero-order valence-electron chi connectivity index (χ0n) is 14.4. The number of hydrogen-bond acceptors (Lipinski definition) is 7. The monoisotopic (exact) mass is 387 g/mol. The number of nitrogens with zero attached hydrogens (tertiary/aromatic N) is 3. The molecule has 138 valence electrons. The summed E-state index contributed by atoms with van der Waals surface area (Å²) in [5.74, 6) is 5.68. The summed E-state index contributed by atoms with van der Waals surface area (Å²) in [4.78, 5) is 7.67. The van der Waals surface area contributed by atoms with Crippen molar-refractivity contribution in [2.75, 3.05) is 11.1 Å². The van der Waals surface area contributed by atoms with Crippen LogP contribution in [0, 0.1) is 24.6 Å². The van der Waals surface area contributed by atoms with Crippen LogP contribution in [0.1, 0.15) is 23.9 Å². The van der Waals surface area contributed by atoms with Gasteiger partial charge in [0.05, 0.1) is 11.9 Å². The van der Waals surface area contributed by atoms with Crippen molar-refractivity contribution < 1.29 is 14.0 Å². The molecule has 0 amide bonds. The molecule has 0 fully saturated rings. The molecule has 0 radical (unpaired) electrons. The van der Waals surface area contributed by atoms with Crippen molar-refractivity contribution in [1.29, 1.82) is 0 Å². The van der Waals surface area contributed by atoms with Crippen LogP contribution in [0.3, 0.4) is 0 Å². The summed E-state index contributed by atoms with van der Waals surface area (Å²) in [7, 11) is 0. The normalized spacial score (nSPS) is 12.8. The van der Waals surface area contributed by atoms with Gasteiger partial charge in [-0.3, -0.25) is 0 Å². The van der Waals surface area contributed by atoms with Crippen molar-refractivity contribution >= 4 is 29.1 Å². The Balaban J connectivity index is 1.89. The lowest BCUT2D eigenvalue weighted by Gasteiger charge is -2.12. The fraction of sp³-hybridized carbons (Fsp3) is 0.167. The van der Waals surface area contributed by atoms with Gasteiger partial charge in [-0.1, -0.05) is 28.6 Å². The number of aromatic nitrogens is 3. The van der Waals surface area contributed by atoms with Crippen molar-refractivity contribution in [1.82, 2.24) is 15.1 Å². The minimum Gasteiger partial charge on any atom is -0.372 e. The van der Waals surface area contributed by atoms with Crippen LogP contribution in [0.25, 0.3) is 0 Å². The molecule has 4 N–H and O–H groups in total. The van der Waals surface area contributed by atoms with Crippen LogP contribution < -0.4 is 11.1 Å². The van der Waals surface area contributed by atoms with Gasteiger partial charge in [0.15, 0.2) is 11.4 Å². The highest BCUT2D eigenvalue weighted by atomic mass is 35.5. The molecule has 0 aliphatic rings. The van der Waals surface area contributed by atoms with E-state index >= 15 is 0 Å². The number of nitrogens with one attached hydrogen (secondary N) is 1. The Bertz CT molecular complexity index is 1060. The number of anilines is 3. The van der Waals surface area contributed by atoms with E-state index in [0.29, 0.717) is 11.3 Å². The van der Waals surface area contributed by atoms with Crippen LogP contribution in [0.5, 0.6) is 0 Å². The Kier molecular flexibility index (Phi) is 4.99. The van der Waals surface area contributed by atoms with E-state index in [9.17, 15) is 9.50 Å². The van der Waals surface area contributed by atoms with Gasteiger partial charge in [0, 0.05) is 11.6 Å². The smallest absolute Gasteiger partial charge is 0.222 e. The lowest BCUT2D eigenvalue weighted by Crippen LogP contribution is -2.18. The van der Waals surface area contributed by atoms with E-state index in [-0.39, 0.29) is 28.2 Å². The Morgan fingerprint density at radius 3 is 2.85 bits per heavy atom. The first-order valence-corrected chi connectivity index (χ1v) is 8.16. The second kappa shape index (κ2) is 7.23. The molecular formula is C18H15ClFN5O2. The number of nitrogens with two attached hydrogens (primary N) is 1. The molecule has 0 unspecified atom stereocenters. The van der Waals surface area contributed by atoms with E-state index < -0.39 is 11.4 Å². The maximum atomic E-state index is 14.1. The van der Waals surface area contributed by atoms with Gasteiger partial charge in [0.2, 0.25) is 5.95 Å². The van der Waals surface area contributed by atoms with Crippen LogP contribution in [0.2, 0.25) is 5.02 Å². The largest absolute Gasteiger partial charge is 0.372 e. The predicted octanol–water partition coefficient (Wildman–Crippen LogP) is 3.15. The first-order chi connectivity index (χ1) is 12.7. The first-order valence-electron chi connectivity index (χ1n) is 7.78. The van der Waals surface area contributed by atoms with Gasteiger partial charge in [-0.15, -0.1) is 0 Å². The van der Waals surface area contributed by atoms with E-state index in [1.54, 1.807) is 13.0 Å². The van der Waals surface area contributed by atoms with Crippen LogP contribution >= 0.6 is 11.6 Å². The van der Waals surface area contributed by atoms with Gasteiger partial charge >= 0.3 is 0 Å². The van der Waals surface area contributed by atoms with Crippen molar-refractivity contribution in [3.63, 3.8) is 0 Å². The van der Waals surface area contributed by atoms with Gasteiger partial charge in [-0.25, -0.2) is 9.37 Å². The van der Waals surface area contributed by atoms with Crippen LogP contribution in [-0.4, -0.2) is 20.2 Å². The fourth-order valence-corrected chi connectivity index (χ4v) is 2.29. The Hall–Kier alpha value is -3.15. The van der Waals surface area contributed by atoms with Gasteiger partial charge < -0.3 is 20.7 Å². The lowest BCUT2D eigenvalue weighted by molar-refractivity contribution is 0.112. The summed E-state index contributed by atoms with van der Waals surface area (Å²) in [5, 5.41) is 17.2. The van der Waals surface area contributed by atoms with Crippen molar-refractivity contribution in [3.05, 3.63) is 58.3 Å². The summed E-state index contributed by atoms with van der Waals surface area (Å²) in [6.45, 7) is 3.20. The molecule has 2 aromatic heterocycles. The minimum absolute atomic E-state index is 0.00259. The fourth-order valence-electron chi connectivity index (χ4n) is 2.15. The van der Waals surface area contributed by atoms with E-state index in [1.807, 2.05) is 0 Å². The number of nitrogen functional groups attached to an aromatic ring is 1. The maximum absolute atomic E-state index is 14.1. The van der Waals surface area contributed by atoms with Gasteiger partial charge in [0.1, 0.15) is 22.3 Å². The van der Waals surface area contributed by atoms with E-state index in [1.165, 1.54) is 31.3 Å². The molecule has 0 saturated heterocycles. The number of benzene rings is 1. The highest BCUT2D eigenvalue weighted by Crippen LogP contribution is 2.26. The summed E-state index contributed by atoms with van der Waals surface area (Å²) < 4.78 is 19.1. The molecule has 3 rings (SSSR count). The van der Waals surface area contributed by atoms with Gasteiger partial charge in [0.25, 0.3) is 0 Å². The van der Waals surface area contributed by atoms with Gasteiger partial charge in [-0.2, -0.15) is 4.98 Å². The summed E-state index contributed by atoms with van der Waals surface area (Å²) in [6.07, 6.45) is 1.31. The summed E-state index contributed by atoms with van der Waals surface area (Å²) >= 11 is 5.99. The molecule has 0 aliphatic heterocycles. The van der Waals surface area contributed by atoms with E-state index in [0.717, 1.165) is 0 Å². The topological polar surface area (TPSA) is 110 Å². The molecule has 9 heteroatoms. The van der Waals surface area contributed by atoms with Crippen molar-refractivity contribution in [3.8, 4) is 11.8 Å². The molecular weight excluding hydrogens is 373 g/mol. The Morgan fingerprint density at radius 2 is 2.15 bits per heavy atom. The van der Waals surface area contributed by atoms with Crippen molar-refractivity contribution in [2.45, 2.75) is 19.4 Å². The zero-order chi connectivity index (χ0) is 19.6. The number of halogens is 2. The van der Waals surface area contributed by atoms with Crippen LogP contribution in [0.15, 0.2) is 35.0 Å². The Labute approximate surface area is 159 Å². The summed E-state index contributed by atoms with van der Waals surface area (Å²) in [5.41, 5.74) is 4.84. The SMILES string of the molecule is Cc1cc([C@@](C)(O)C#Cc2ccc(F)c(Nc3nc(N)ncc3Cl)c2)no1. The number of aryl methyl sites for hydroxylation is 1. The second-order valence-corrected chi connectivity index (χ2v) is 6.30. The second-order valence-electron chi connectivity index (χ2n) is 5.89.